The highest BCUT2D eigenvalue weighted by atomic mass is 32.2. The molecule has 0 fully saturated rings. The Balaban J connectivity index is 1.98. The van der Waals surface area contributed by atoms with Gasteiger partial charge < -0.3 is 31.7 Å². The van der Waals surface area contributed by atoms with E-state index in [1.807, 2.05) is 30.3 Å². The summed E-state index contributed by atoms with van der Waals surface area (Å²) in [4.78, 5) is 59.1. The van der Waals surface area contributed by atoms with E-state index in [-0.39, 0.29) is 25.0 Å². The highest BCUT2D eigenvalue weighted by Gasteiger charge is 2.26. The van der Waals surface area contributed by atoms with E-state index in [0.29, 0.717) is 0 Å². The molecule has 1 unspecified atom stereocenters. The number of carboxylic acid groups (broad SMARTS) is 3. The van der Waals surface area contributed by atoms with Crippen LogP contribution < -0.4 is 16.4 Å². The first-order valence-corrected chi connectivity index (χ1v) is 16.3. The Kier molecular flexibility index (Phi) is 17.4. The fourth-order valence-corrected chi connectivity index (χ4v) is 6.18. The standard InChI is InChI=1S/C33H45N3O8S/c34-26(33(43)44)18-19-29(37)36-27(32(42)35-21-31(40)41)22-45-28(20-30(38)39)25-17-11-10-16-24(25)15-9-4-2-1-3-6-12-23-13-7-5-8-14-23/h5,7-8,10-11,13-14,16-17,26-28H,1-4,6,9,12,15,18-22,34H2,(H,35,42)(H,36,37)(H,38,39)(H,40,41)(H,43,44)/t26-,27-,28?/m0/s1. The number of nitrogens with one attached hydrogen (secondary N) is 2. The number of unbranched alkanes of at least 4 members (excludes halogenated alkanes) is 5. The number of thioether (sulfide) groups is 1. The van der Waals surface area contributed by atoms with E-state index in [2.05, 4.69) is 34.9 Å². The molecule has 246 valence electrons. The zero-order valence-electron chi connectivity index (χ0n) is 25.5. The van der Waals surface area contributed by atoms with Crippen molar-refractivity contribution in [1.82, 2.24) is 10.6 Å². The van der Waals surface area contributed by atoms with Crippen LogP contribution in [0, 0.1) is 0 Å². The number of aryl methyl sites for hydroxylation is 2. The van der Waals surface area contributed by atoms with Crippen molar-refractivity contribution in [2.45, 2.75) is 88.0 Å². The Morgan fingerprint density at radius 1 is 0.778 bits per heavy atom. The topological polar surface area (TPSA) is 196 Å². The van der Waals surface area contributed by atoms with Gasteiger partial charge in [-0.3, -0.25) is 24.0 Å². The first-order chi connectivity index (χ1) is 21.6. The average molecular weight is 644 g/mol. The van der Waals surface area contributed by atoms with Gasteiger partial charge in [0.2, 0.25) is 11.8 Å². The number of aliphatic carboxylic acids is 3. The molecule has 2 aromatic rings. The molecular formula is C33H45N3O8S. The fourth-order valence-electron chi connectivity index (χ4n) is 4.85. The smallest absolute Gasteiger partial charge is 0.322 e. The van der Waals surface area contributed by atoms with E-state index in [0.717, 1.165) is 56.1 Å². The number of carbonyl (C=O) groups excluding carboxylic acids is 2. The summed E-state index contributed by atoms with van der Waals surface area (Å²) in [5.74, 6) is -4.94. The number of amides is 2. The molecule has 2 rings (SSSR count). The molecule has 11 nitrogen and oxygen atoms in total. The number of hydrogen-bond donors (Lipinski definition) is 6. The Morgan fingerprint density at radius 3 is 2.04 bits per heavy atom. The summed E-state index contributed by atoms with van der Waals surface area (Å²) in [6.45, 7) is -0.659. The molecule has 2 aromatic carbocycles. The number of carbonyl (C=O) groups is 5. The third-order valence-electron chi connectivity index (χ3n) is 7.30. The van der Waals surface area contributed by atoms with Crippen molar-refractivity contribution >= 4 is 41.5 Å². The minimum atomic E-state index is -1.27. The first-order valence-electron chi connectivity index (χ1n) is 15.3. The van der Waals surface area contributed by atoms with Gasteiger partial charge in [0.1, 0.15) is 18.6 Å². The van der Waals surface area contributed by atoms with Crippen LogP contribution >= 0.6 is 11.8 Å². The van der Waals surface area contributed by atoms with Gasteiger partial charge in [-0.1, -0.05) is 80.3 Å². The maximum absolute atomic E-state index is 12.8. The summed E-state index contributed by atoms with van der Waals surface area (Å²) >= 11 is 1.19. The second-order valence-electron chi connectivity index (χ2n) is 10.9. The predicted molar refractivity (Wildman–Crippen MR) is 173 cm³/mol. The molecule has 0 aliphatic carbocycles. The van der Waals surface area contributed by atoms with Gasteiger partial charge in [-0.05, 0) is 48.8 Å². The summed E-state index contributed by atoms with van der Waals surface area (Å²) in [5.41, 5.74) is 8.70. The van der Waals surface area contributed by atoms with Gasteiger partial charge in [-0.15, -0.1) is 0 Å². The van der Waals surface area contributed by atoms with E-state index in [1.165, 1.54) is 23.7 Å². The van der Waals surface area contributed by atoms with Crippen LogP contribution in [-0.2, 0) is 36.8 Å². The van der Waals surface area contributed by atoms with Crippen LogP contribution in [0.2, 0.25) is 0 Å². The maximum Gasteiger partial charge on any atom is 0.322 e. The van der Waals surface area contributed by atoms with Crippen molar-refractivity contribution in [3.05, 3.63) is 71.3 Å². The Labute approximate surface area is 268 Å². The van der Waals surface area contributed by atoms with Crippen LogP contribution in [0.4, 0.5) is 0 Å². The third kappa shape index (κ3) is 15.6. The van der Waals surface area contributed by atoms with Gasteiger partial charge in [0, 0.05) is 17.4 Å². The lowest BCUT2D eigenvalue weighted by Crippen LogP contribution is -2.49. The van der Waals surface area contributed by atoms with Gasteiger partial charge in [0.15, 0.2) is 0 Å². The maximum atomic E-state index is 12.8. The van der Waals surface area contributed by atoms with E-state index in [9.17, 15) is 29.1 Å². The van der Waals surface area contributed by atoms with Crippen molar-refractivity contribution in [3.63, 3.8) is 0 Å². The van der Waals surface area contributed by atoms with Crippen LogP contribution in [0.5, 0.6) is 0 Å². The van der Waals surface area contributed by atoms with Crippen molar-refractivity contribution in [1.29, 1.82) is 0 Å². The molecule has 0 bridgehead atoms. The first kappa shape index (κ1) is 37.3. The average Bonchev–Trinajstić information content (AvgIpc) is 3.01. The molecule has 0 heterocycles. The second kappa shape index (κ2) is 20.9. The van der Waals surface area contributed by atoms with Crippen LogP contribution in [0.25, 0.3) is 0 Å². The zero-order valence-corrected chi connectivity index (χ0v) is 26.3. The molecule has 0 aliphatic rings. The van der Waals surface area contributed by atoms with Gasteiger partial charge >= 0.3 is 17.9 Å². The zero-order chi connectivity index (χ0) is 33.0. The lowest BCUT2D eigenvalue weighted by Gasteiger charge is -2.23. The largest absolute Gasteiger partial charge is 0.481 e. The van der Waals surface area contributed by atoms with Crippen molar-refractivity contribution in [2.75, 3.05) is 12.3 Å². The summed E-state index contributed by atoms with van der Waals surface area (Å²) in [7, 11) is 0. The summed E-state index contributed by atoms with van der Waals surface area (Å²) in [6.07, 6.45) is 7.86. The number of hydrogen-bond acceptors (Lipinski definition) is 7. The van der Waals surface area contributed by atoms with Crippen LogP contribution in [0.15, 0.2) is 54.6 Å². The lowest BCUT2D eigenvalue weighted by molar-refractivity contribution is -0.139. The third-order valence-corrected chi connectivity index (χ3v) is 8.64. The molecule has 7 N–H and O–H groups in total. The van der Waals surface area contributed by atoms with Crippen LogP contribution in [-0.4, -0.2) is 69.4 Å². The SMILES string of the molecule is N[C@@H](CCC(=O)N[C@@H](CSC(CC(=O)O)c1ccccc1CCCCCCCCc1ccccc1)C(=O)NCC(=O)O)C(=O)O. The lowest BCUT2D eigenvalue weighted by atomic mass is 9.97. The minimum Gasteiger partial charge on any atom is -0.481 e. The number of nitrogens with two attached hydrogens (primary N) is 1. The molecular weight excluding hydrogens is 598 g/mol. The molecule has 45 heavy (non-hydrogen) atoms. The van der Waals surface area contributed by atoms with Crippen molar-refractivity contribution < 1.29 is 39.3 Å². The summed E-state index contributed by atoms with van der Waals surface area (Å²) in [5, 5.41) is 31.8. The molecule has 0 saturated carbocycles. The molecule has 0 saturated heterocycles. The van der Waals surface area contributed by atoms with Gasteiger partial charge in [-0.2, -0.15) is 11.8 Å². The predicted octanol–water partition coefficient (Wildman–Crippen LogP) is 3.94. The number of benzene rings is 2. The molecule has 0 spiro atoms. The second-order valence-corrected chi connectivity index (χ2v) is 12.2. The molecule has 3 atom stereocenters. The van der Waals surface area contributed by atoms with E-state index < -0.39 is 53.6 Å². The van der Waals surface area contributed by atoms with E-state index in [4.69, 9.17) is 15.9 Å². The minimum absolute atomic E-state index is 0.0303. The highest BCUT2D eigenvalue weighted by molar-refractivity contribution is 7.99. The quantitative estimate of drug-likeness (QED) is 0.0965. The molecule has 0 aromatic heterocycles. The molecule has 0 aliphatic heterocycles. The van der Waals surface area contributed by atoms with Gasteiger partial charge in [0.05, 0.1) is 6.42 Å². The van der Waals surface area contributed by atoms with Crippen molar-refractivity contribution in [2.24, 2.45) is 5.73 Å². The van der Waals surface area contributed by atoms with Gasteiger partial charge in [0.25, 0.3) is 0 Å². The van der Waals surface area contributed by atoms with Gasteiger partial charge in [-0.25, -0.2) is 0 Å². The normalized spacial score (nSPS) is 12.9. The molecule has 0 radical (unpaired) electrons. The summed E-state index contributed by atoms with van der Waals surface area (Å²) < 4.78 is 0. The number of carboxylic acids is 3. The Bertz CT molecular complexity index is 1240. The highest BCUT2D eigenvalue weighted by Crippen LogP contribution is 2.35. The fraction of sp³-hybridized carbons (Fsp3) is 0.485. The molecule has 12 heteroatoms. The van der Waals surface area contributed by atoms with E-state index in [1.54, 1.807) is 0 Å². The summed E-state index contributed by atoms with van der Waals surface area (Å²) in [6, 6.07) is 15.6. The molecule has 2 amide bonds. The number of rotatable bonds is 23. The van der Waals surface area contributed by atoms with Crippen LogP contribution in [0.1, 0.15) is 79.7 Å². The van der Waals surface area contributed by atoms with Crippen LogP contribution in [0.3, 0.4) is 0 Å². The van der Waals surface area contributed by atoms with E-state index >= 15 is 0 Å². The monoisotopic (exact) mass is 643 g/mol. The van der Waals surface area contributed by atoms with Crippen molar-refractivity contribution in [3.8, 4) is 0 Å². The Morgan fingerprint density at radius 2 is 1.40 bits per heavy atom. The Hall–Kier alpha value is -3.90.